The molecular formula is C17H19NO. The largest absolute Gasteiger partial charge is 0.382 e. The summed E-state index contributed by atoms with van der Waals surface area (Å²) >= 11 is 0. The highest BCUT2D eigenvalue weighted by atomic mass is 16.3. The van der Waals surface area contributed by atoms with Crippen LogP contribution in [0.5, 0.6) is 0 Å². The van der Waals surface area contributed by atoms with Crippen molar-refractivity contribution in [3.05, 3.63) is 65.0 Å². The number of pyridine rings is 1. The van der Waals surface area contributed by atoms with E-state index in [0.717, 1.165) is 16.8 Å². The van der Waals surface area contributed by atoms with E-state index >= 15 is 0 Å². The lowest BCUT2D eigenvalue weighted by Gasteiger charge is -2.26. The van der Waals surface area contributed by atoms with Gasteiger partial charge in [0.1, 0.15) is 6.10 Å². The van der Waals surface area contributed by atoms with E-state index in [1.165, 1.54) is 24.8 Å². The zero-order valence-electron chi connectivity index (χ0n) is 11.2. The van der Waals surface area contributed by atoms with Crippen molar-refractivity contribution in [3.8, 4) is 0 Å². The molecule has 1 fully saturated rings. The van der Waals surface area contributed by atoms with Crippen LogP contribution in [0.1, 0.15) is 53.7 Å². The topological polar surface area (TPSA) is 33.1 Å². The molecule has 0 aliphatic heterocycles. The summed E-state index contributed by atoms with van der Waals surface area (Å²) < 4.78 is 0. The number of rotatable bonds is 3. The minimum atomic E-state index is -0.625. The van der Waals surface area contributed by atoms with Crippen LogP contribution in [-0.4, -0.2) is 10.1 Å². The van der Waals surface area contributed by atoms with Gasteiger partial charge in [-0.1, -0.05) is 30.7 Å². The van der Waals surface area contributed by atoms with Crippen LogP contribution in [-0.2, 0) is 0 Å². The fraction of sp³-hybridized carbons (Fsp3) is 0.353. The Morgan fingerprint density at radius 1 is 1.21 bits per heavy atom. The number of nitrogens with zero attached hydrogens (tertiary/aromatic N) is 1. The van der Waals surface area contributed by atoms with Crippen LogP contribution in [0, 0.1) is 6.92 Å². The molecule has 1 saturated carbocycles. The quantitative estimate of drug-likeness (QED) is 0.904. The zero-order chi connectivity index (χ0) is 13.2. The monoisotopic (exact) mass is 253 g/mol. The molecule has 1 unspecified atom stereocenters. The van der Waals surface area contributed by atoms with Crippen molar-refractivity contribution in [3.63, 3.8) is 0 Å². The Bertz CT molecular complexity index is 575. The maximum atomic E-state index is 10.5. The highest BCUT2D eigenvalue weighted by molar-refractivity contribution is 5.33. The summed E-state index contributed by atoms with van der Waals surface area (Å²) in [4.78, 5) is 4.27. The second-order valence-electron chi connectivity index (χ2n) is 5.46. The van der Waals surface area contributed by atoms with Gasteiger partial charge in [0.25, 0.3) is 0 Å². The van der Waals surface area contributed by atoms with Gasteiger partial charge in [0.15, 0.2) is 0 Å². The van der Waals surface area contributed by atoms with Gasteiger partial charge in [0.05, 0.1) is 5.69 Å². The van der Waals surface area contributed by atoms with Gasteiger partial charge in [-0.15, -0.1) is 0 Å². The molecule has 1 N–H and O–H groups in total. The molecule has 1 aromatic heterocycles. The lowest BCUT2D eigenvalue weighted by atomic mass is 9.79. The molecule has 0 bridgehead atoms. The van der Waals surface area contributed by atoms with E-state index in [1.807, 2.05) is 31.2 Å². The molecule has 0 saturated heterocycles. The standard InChI is InChI=1S/C17H19NO/c1-12-8-9-18-16(10-12)17(19)15-7-3-6-14(11-15)13-4-2-5-13/h3,6-11,13,17,19H,2,4-5H2,1H3. The van der Waals surface area contributed by atoms with Crippen molar-refractivity contribution in [1.82, 2.24) is 4.98 Å². The Hall–Kier alpha value is -1.67. The lowest BCUT2D eigenvalue weighted by Crippen LogP contribution is -2.10. The van der Waals surface area contributed by atoms with Gasteiger partial charge < -0.3 is 5.11 Å². The summed E-state index contributed by atoms with van der Waals surface area (Å²) in [5, 5.41) is 10.5. The van der Waals surface area contributed by atoms with Crippen molar-refractivity contribution < 1.29 is 5.11 Å². The van der Waals surface area contributed by atoms with E-state index in [1.54, 1.807) is 6.20 Å². The highest BCUT2D eigenvalue weighted by Gasteiger charge is 2.20. The minimum Gasteiger partial charge on any atom is -0.382 e. The molecule has 0 radical (unpaired) electrons. The predicted molar refractivity (Wildman–Crippen MR) is 76.1 cm³/mol. The van der Waals surface area contributed by atoms with Gasteiger partial charge in [-0.25, -0.2) is 0 Å². The summed E-state index contributed by atoms with van der Waals surface area (Å²) in [6.45, 7) is 2.02. The molecule has 98 valence electrons. The molecular weight excluding hydrogens is 234 g/mol. The summed E-state index contributed by atoms with van der Waals surface area (Å²) in [7, 11) is 0. The van der Waals surface area contributed by atoms with E-state index in [-0.39, 0.29) is 0 Å². The number of aliphatic hydroxyl groups excluding tert-OH is 1. The fourth-order valence-corrected chi connectivity index (χ4v) is 2.60. The van der Waals surface area contributed by atoms with Crippen LogP contribution in [0.25, 0.3) is 0 Å². The van der Waals surface area contributed by atoms with Crippen molar-refractivity contribution >= 4 is 0 Å². The van der Waals surface area contributed by atoms with Gasteiger partial charge in [-0.2, -0.15) is 0 Å². The van der Waals surface area contributed by atoms with Crippen LogP contribution in [0.15, 0.2) is 42.6 Å². The van der Waals surface area contributed by atoms with E-state index in [9.17, 15) is 5.11 Å². The number of benzene rings is 1. The average Bonchev–Trinajstić information content (AvgIpc) is 2.36. The molecule has 2 heteroatoms. The number of aryl methyl sites for hydroxylation is 1. The van der Waals surface area contributed by atoms with Crippen LogP contribution in [0.3, 0.4) is 0 Å². The summed E-state index contributed by atoms with van der Waals surface area (Å²) in [6, 6.07) is 12.2. The second kappa shape index (κ2) is 5.14. The third-order valence-electron chi connectivity index (χ3n) is 4.02. The predicted octanol–water partition coefficient (Wildman–Crippen LogP) is 3.74. The smallest absolute Gasteiger partial charge is 0.121 e. The summed E-state index contributed by atoms with van der Waals surface area (Å²) in [5.41, 5.74) is 4.16. The van der Waals surface area contributed by atoms with E-state index in [2.05, 4.69) is 17.1 Å². The van der Waals surface area contributed by atoms with E-state index in [4.69, 9.17) is 0 Å². The van der Waals surface area contributed by atoms with Crippen molar-refractivity contribution in [2.45, 2.75) is 38.2 Å². The third-order valence-corrected chi connectivity index (χ3v) is 4.02. The average molecular weight is 253 g/mol. The molecule has 1 aliphatic rings. The first-order chi connectivity index (χ1) is 9.24. The fourth-order valence-electron chi connectivity index (χ4n) is 2.60. The van der Waals surface area contributed by atoms with Crippen molar-refractivity contribution in [1.29, 1.82) is 0 Å². The zero-order valence-corrected chi connectivity index (χ0v) is 11.2. The second-order valence-corrected chi connectivity index (χ2v) is 5.46. The minimum absolute atomic E-state index is 0.625. The molecule has 1 heterocycles. The van der Waals surface area contributed by atoms with Gasteiger partial charge in [0, 0.05) is 6.20 Å². The Morgan fingerprint density at radius 3 is 2.74 bits per heavy atom. The normalized spacial score (nSPS) is 16.9. The van der Waals surface area contributed by atoms with Crippen LogP contribution < -0.4 is 0 Å². The van der Waals surface area contributed by atoms with Gasteiger partial charge >= 0.3 is 0 Å². The number of aliphatic hydroxyl groups is 1. The summed E-state index contributed by atoms with van der Waals surface area (Å²) in [5.74, 6) is 0.692. The molecule has 19 heavy (non-hydrogen) atoms. The molecule has 1 aliphatic carbocycles. The van der Waals surface area contributed by atoms with Crippen molar-refractivity contribution in [2.75, 3.05) is 0 Å². The maximum Gasteiger partial charge on any atom is 0.121 e. The van der Waals surface area contributed by atoms with Gasteiger partial charge in [-0.05, 0) is 54.5 Å². The Labute approximate surface area is 114 Å². The first-order valence-corrected chi connectivity index (χ1v) is 6.94. The van der Waals surface area contributed by atoms with Gasteiger partial charge in [-0.3, -0.25) is 4.98 Å². The van der Waals surface area contributed by atoms with Crippen LogP contribution in [0.4, 0.5) is 0 Å². The lowest BCUT2D eigenvalue weighted by molar-refractivity contribution is 0.215. The van der Waals surface area contributed by atoms with Crippen LogP contribution >= 0.6 is 0 Å². The summed E-state index contributed by atoms with van der Waals surface area (Å²) in [6.07, 6.45) is 5.02. The molecule has 3 rings (SSSR count). The van der Waals surface area contributed by atoms with Gasteiger partial charge in [0.2, 0.25) is 0 Å². The first kappa shape index (κ1) is 12.4. The molecule has 0 amide bonds. The molecule has 1 aromatic carbocycles. The van der Waals surface area contributed by atoms with E-state index in [0.29, 0.717) is 5.92 Å². The first-order valence-electron chi connectivity index (χ1n) is 6.94. The third kappa shape index (κ3) is 2.54. The molecule has 1 atom stereocenters. The highest BCUT2D eigenvalue weighted by Crippen LogP contribution is 2.37. The molecule has 0 spiro atoms. The number of hydrogen-bond donors (Lipinski definition) is 1. The number of aromatic nitrogens is 1. The van der Waals surface area contributed by atoms with Crippen LogP contribution in [0.2, 0.25) is 0 Å². The van der Waals surface area contributed by atoms with E-state index < -0.39 is 6.10 Å². The maximum absolute atomic E-state index is 10.5. The Balaban J connectivity index is 1.88. The number of hydrogen-bond acceptors (Lipinski definition) is 2. The molecule has 2 aromatic rings. The van der Waals surface area contributed by atoms with Crippen molar-refractivity contribution in [2.24, 2.45) is 0 Å². The molecule has 2 nitrogen and oxygen atoms in total. The Kier molecular flexibility index (Phi) is 3.34. The SMILES string of the molecule is Cc1ccnc(C(O)c2cccc(C3CCC3)c2)c1. The Morgan fingerprint density at radius 2 is 2.05 bits per heavy atom.